The molecule has 1 N–H and O–H groups in total. The second-order valence-corrected chi connectivity index (χ2v) is 6.53. The fraction of sp³-hybridized carbons (Fsp3) is 0.0625. The summed E-state index contributed by atoms with van der Waals surface area (Å²) in [6, 6.07) is 11.9. The topological polar surface area (TPSA) is 50.4 Å². The lowest BCUT2D eigenvalue weighted by atomic mass is 10.1. The van der Waals surface area contributed by atoms with E-state index >= 15 is 0 Å². The number of aromatic hydroxyl groups is 1. The van der Waals surface area contributed by atoms with Gasteiger partial charge in [0.05, 0.1) is 5.02 Å². The quantitative estimate of drug-likeness (QED) is 0.526. The lowest BCUT2D eigenvalue weighted by Gasteiger charge is -2.07. The van der Waals surface area contributed by atoms with Crippen LogP contribution in [0.1, 0.15) is 5.56 Å². The molecule has 3 nitrogen and oxygen atoms in total. The monoisotopic (exact) mass is 352 g/mol. The minimum absolute atomic E-state index is 0.111. The standard InChI is InChI=1S/C16H10Cl2O3S/c17-10-1-3-11(4-2-10)22-8-9-5-16(20)21-15-7-14(19)13(18)6-12(9)15/h1-7,19H,8H2. The lowest BCUT2D eigenvalue weighted by molar-refractivity contribution is 0.473. The van der Waals surface area contributed by atoms with Gasteiger partial charge in [-0.3, -0.25) is 0 Å². The van der Waals surface area contributed by atoms with E-state index in [-0.39, 0.29) is 10.8 Å². The largest absolute Gasteiger partial charge is 0.506 e. The van der Waals surface area contributed by atoms with E-state index in [0.29, 0.717) is 21.7 Å². The zero-order valence-corrected chi connectivity index (χ0v) is 13.5. The number of phenolic OH excluding ortho intramolecular Hbond substituents is 1. The molecule has 2 aromatic carbocycles. The molecule has 22 heavy (non-hydrogen) atoms. The van der Waals surface area contributed by atoms with Crippen LogP contribution < -0.4 is 5.63 Å². The van der Waals surface area contributed by atoms with Crippen LogP contribution in [0.5, 0.6) is 5.75 Å². The molecule has 3 rings (SSSR count). The van der Waals surface area contributed by atoms with E-state index < -0.39 is 5.63 Å². The second kappa shape index (κ2) is 6.24. The van der Waals surface area contributed by atoms with Crippen LogP contribution in [-0.4, -0.2) is 5.11 Å². The number of fused-ring (bicyclic) bond motifs is 1. The summed E-state index contributed by atoms with van der Waals surface area (Å²) >= 11 is 13.4. The first-order valence-electron chi connectivity index (χ1n) is 6.36. The van der Waals surface area contributed by atoms with Gasteiger partial charge in [-0.05, 0) is 35.9 Å². The predicted molar refractivity (Wildman–Crippen MR) is 90.2 cm³/mol. The van der Waals surface area contributed by atoms with Crippen molar-refractivity contribution in [3.05, 3.63) is 68.5 Å². The Morgan fingerprint density at radius 3 is 2.55 bits per heavy atom. The minimum atomic E-state index is -0.457. The van der Waals surface area contributed by atoms with Gasteiger partial charge in [-0.1, -0.05) is 23.2 Å². The van der Waals surface area contributed by atoms with Crippen molar-refractivity contribution < 1.29 is 9.52 Å². The Labute approximate surface area is 140 Å². The zero-order valence-electron chi connectivity index (χ0n) is 11.2. The molecule has 1 heterocycles. The van der Waals surface area contributed by atoms with Crippen molar-refractivity contribution in [2.75, 3.05) is 0 Å². The third kappa shape index (κ3) is 3.24. The summed E-state index contributed by atoms with van der Waals surface area (Å²) in [6.07, 6.45) is 0. The fourth-order valence-electron chi connectivity index (χ4n) is 2.05. The van der Waals surface area contributed by atoms with E-state index in [1.807, 2.05) is 24.3 Å². The van der Waals surface area contributed by atoms with Gasteiger partial charge in [0.2, 0.25) is 0 Å². The van der Waals surface area contributed by atoms with Crippen molar-refractivity contribution in [1.29, 1.82) is 0 Å². The van der Waals surface area contributed by atoms with E-state index in [9.17, 15) is 9.90 Å². The molecule has 0 aliphatic carbocycles. The van der Waals surface area contributed by atoms with E-state index in [1.54, 1.807) is 17.8 Å². The van der Waals surface area contributed by atoms with Crippen molar-refractivity contribution in [2.45, 2.75) is 10.6 Å². The van der Waals surface area contributed by atoms with E-state index in [0.717, 1.165) is 10.5 Å². The molecule has 0 fully saturated rings. The molecule has 1 aromatic heterocycles. The normalized spacial score (nSPS) is 11.0. The summed E-state index contributed by atoms with van der Waals surface area (Å²) in [4.78, 5) is 12.7. The maximum Gasteiger partial charge on any atom is 0.336 e. The Bertz CT molecular complexity index is 888. The van der Waals surface area contributed by atoms with Crippen LogP contribution in [0.4, 0.5) is 0 Å². The zero-order chi connectivity index (χ0) is 15.7. The molecule has 0 saturated carbocycles. The number of hydrogen-bond donors (Lipinski definition) is 1. The molecule has 0 saturated heterocycles. The Morgan fingerprint density at radius 1 is 1.09 bits per heavy atom. The molecule has 0 unspecified atom stereocenters. The highest BCUT2D eigenvalue weighted by Crippen LogP contribution is 2.32. The van der Waals surface area contributed by atoms with Gasteiger partial charge in [-0.2, -0.15) is 0 Å². The average Bonchev–Trinajstić information content (AvgIpc) is 2.48. The molecule has 6 heteroatoms. The second-order valence-electron chi connectivity index (χ2n) is 4.63. The summed E-state index contributed by atoms with van der Waals surface area (Å²) in [5.74, 6) is 0.463. The van der Waals surface area contributed by atoms with Crippen LogP contribution in [0.25, 0.3) is 11.0 Å². The number of benzene rings is 2. The van der Waals surface area contributed by atoms with Gasteiger partial charge in [-0.25, -0.2) is 4.79 Å². The van der Waals surface area contributed by atoms with Crippen molar-refractivity contribution >= 4 is 45.9 Å². The molecule has 0 amide bonds. The van der Waals surface area contributed by atoms with Crippen molar-refractivity contribution in [3.63, 3.8) is 0 Å². The van der Waals surface area contributed by atoms with Gasteiger partial charge in [0.25, 0.3) is 0 Å². The lowest BCUT2D eigenvalue weighted by Crippen LogP contribution is -1.99. The fourth-order valence-corrected chi connectivity index (χ4v) is 3.23. The highest BCUT2D eigenvalue weighted by atomic mass is 35.5. The predicted octanol–water partition coefficient (Wildman–Crippen LogP) is 5.10. The number of rotatable bonds is 3. The summed E-state index contributed by atoms with van der Waals surface area (Å²) in [7, 11) is 0. The van der Waals surface area contributed by atoms with Crippen LogP contribution in [0.3, 0.4) is 0 Å². The third-order valence-electron chi connectivity index (χ3n) is 3.11. The molecule has 0 aliphatic rings. The Balaban J connectivity index is 1.97. The molecule has 0 spiro atoms. The first kappa shape index (κ1) is 15.3. The smallest absolute Gasteiger partial charge is 0.336 e. The third-order valence-corrected chi connectivity index (χ3v) is 4.72. The number of hydrogen-bond acceptors (Lipinski definition) is 4. The van der Waals surface area contributed by atoms with Gasteiger partial charge >= 0.3 is 5.63 Å². The maximum absolute atomic E-state index is 11.6. The first-order chi connectivity index (χ1) is 10.5. The Kier molecular flexibility index (Phi) is 4.34. The number of halogens is 2. The van der Waals surface area contributed by atoms with E-state index in [2.05, 4.69) is 0 Å². The first-order valence-corrected chi connectivity index (χ1v) is 8.11. The summed E-state index contributed by atoms with van der Waals surface area (Å²) in [5, 5.41) is 11.2. The highest BCUT2D eigenvalue weighted by Gasteiger charge is 2.10. The molecular weight excluding hydrogens is 343 g/mol. The van der Waals surface area contributed by atoms with Crippen molar-refractivity contribution in [3.8, 4) is 5.75 Å². The Morgan fingerprint density at radius 2 is 1.82 bits per heavy atom. The van der Waals surface area contributed by atoms with Crippen LogP contribution >= 0.6 is 35.0 Å². The molecule has 0 bridgehead atoms. The molecular formula is C16H10Cl2O3S. The Hall–Kier alpha value is -1.62. The van der Waals surface area contributed by atoms with Gasteiger partial charge in [-0.15, -0.1) is 11.8 Å². The summed E-state index contributed by atoms with van der Waals surface area (Å²) < 4.78 is 5.10. The number of phenols is 1. The summed E-state index contributed by atoms with van der Waals surface area (Å²) in [5.41, 5.74) is 0.662. The average molecular weight is 353 g/mol. The molecule has 0 atom stereocenters. The minimum Gasteiger partial charge on any atom is -0.506 e. The molecule has 3 aromatic rings. The molecule has 0 aliphatic heterocycles. The van der Waals surface area contributed by atoms with E-state index in [4.69, 9.17) is 27.6 Å². The maximum atomic E-state index is 11.6. The van der Waals surface area contributed by atoms with E-state index in [1.165, 1.54) is 12.1 Å². The molecule has 0 radical (unpaired) electrons. The van der Waals surface area contributed by atoms with Crippen molar-refractivity contribution in [2.24, 2.45) is 0 Å². The van der Waals surface area contributed by atoms with Gasteiger partial charge in [0.1, 0.15) is 11.3 Å². The van der Waals surface area contributed by atoms with Crippen LogP contribution in [0, 0.1) is 0 Å². The van der Waals surface area contributed by atoms with Gasteiger partial charge < -0.3 is 9.52 Å². The van der Waals surface area contributed by atoms with Gasteiger partial charge in [0.15, 0.2) is 0 Å². The molecule has 112 valence electrons. The van der Waals surface area contributed by atoms with Crippen molar-refractivity contribution in [1.82, 2.24) is 0 Å². The SMILES string of the molecule is O=c1cc(CSc2ccc(Cl)cc2)c2cc(Cl)c(O)cc2o1. The van der Waals surface area contributed by atoms with Crippen LogP contribution in [0.2, 0.25) is 10.0 Å². The van der Waals surface area contributed by atoms with Gasteiger partial charge in [0, 0.05) is 33.2 Å². The van der Waals surface area contributed by atoms with Crippen LogP contribution in [0.15, 0.2) is 56.6 Å². The highest BCUT2D eigenvalue weighted by molar-refractivity contribution is 7.98. The summed E-state index contributed by atoms with van der Waals surface area (Å²) in [6.45, 7) is 0. The van der Waals surface area contributed by atoms with Crippen LogP contribution in [-0.2, 0) is 5.75 Å². The number of thioether (sulfide) groups is 1.